The Bertz CT molecular complexity index is 1740. The monoisotopic (exact) mass is 560 g/mol. The molecular weight excluding hydrogens is 532 g/mol. The van der Waals surface area contributed by atoms with Crippen molar-refractivity contribution in [3.63, 3.8) is 0 Å². The Morgan fingerprint density at radius 1 is 0.881 bits per heavy atom. The lowest BCUT2D eigenvalue weighted by molar-refractivity contribution is 0.0977. The minimum Gasteiger partial charge on any atom is -0.507 e. The molecule has 0 unspecified atom stereocenters. The zero-order valence-corrected chi connectivity index (χ0v) is 23.1. The van der Waals surface area contributed by atoms with Gasteiger partial charge < -0.3 is 20.5 Å². The third-order valence-corrected chi connectivity index (χ3v) is 6.96. The van der Waals surface area contributed by atoms with E-state index in [0.717, 1.165) is 12.0 Å². The number of carbonyl (C=O) groups excluding carboxylic acids is 2. The van der Waals surface area contributed by atoms with Gasteiger partial charge in [-0.3, -0.25) is 9.59 Å². The Hall–Kier alpha value is -5.40. The number of benzene rings is 3. The van der Waals surface area contributed by atoms with Crippen LogP contribution in [-0.2, 0) is 11.2 Å². The number of anilines is 2. The van der Waals surface area contributed by atoms with Gasteiger partial charge in [-0.05, 0) is 31.0 Å². The van der Waals surface area contributed by atoms with E-state index >= 15 is 0 Å². The average molecular weight is 561 g/mol. The summed E-state index contributed by atoms with van der Waals surface area (Å²) in [7, 11) is 1.59. The number of ketones is 2. The van der Waals surface area contributed by atoms with Gasteiger partial charge in [0, 0.05) is 36.9 Å². The fourth-order valence-electron chi connectivity index (χ4n) is 4.84. The summed E-state index contributed by atoms with van der Waals surface area (Å²) in [6.07, 6.45) is 0.741. The van der Waals surface area contributed by atoms with Gasteiger partial charge in [0.2, 0.25) is 0 Å². The number of carbonyl (C=O) groups is 2. The summed E-state index contributed by atoms with van der Waals surface area (Å²) in [5.74, 6) is -0.386. The normalized spacial score (nSPS) is 12.1. The summed E-state index contributed by atoms with van der Waals surface area (Å²) in [4.78, 5) is 31.3. The molecule has 0 aliphatic heterocycles. The molecule has 1 aromatic heterocycles. The molecule has 1 heterocycles. The van der Waals surface area contributed by atoms with Crippen molar-refractivity contribution in [3.8, 4) is 11.8 Å². The molecule has 0 saturated carbocycles. The zero-order valence-electron chi connectivity index (χ0n) is 23.1. The number of rotatable bonds is 10. The van der Waals surface area contributed by atoms with Gasteiger partial charge in [-0.15, -0.1) is 10.2 Å². The second kappa shape index (κ2) is 12.4. The predicted octanol–water partition coefficient (Wildman–Crippen LogP) is 5.87. The SMILES string of the molecule is COCCNc1nc(NCCc2ccccc2)c(C#N)c(C)c1/N=N/c1cccc2c1C(=O)c1c(O)cccc1C2=O. The molecule has 4 aromatic rings. The maximum absolute atomic E-state index is 13.5. The van der Waals surface area contributed by atoms with Crippen LogP contribution in [-0.4, -0.2) is 48.5 Å². The second-order valence-corrected chi connectivity index (χ2v) is 9.61. The predicted molar refractivity (Wildman–Crippen MR) is 158 cm³/mol. The van der Waals surface area contributed by atoms with Crippen LogP contribution in [0.15, 0.2) is 77.0 Å². The Morgan fingerprint density at radius 3 is 2.33 bits per heavy atom. The Kier molecular flexibility index (Phi) is 8.32. The highest BCUT2D eigenvalue weighted by Gasteiger charge is 2.33. The number of phenols is 1. The summed E-state index contributed by atoms with van der Waals surface area (Å²) in [5.41, 5.74) is 2.79. The van der Waals surface area contributed by atoms with E-state index < -0.39 is 5.78 Å². The van der Waals surface area contributed by atoms with E-state index in [1.54, 1.807) is 32.2 Å². The zero-order chi connectivity index (χ0) is 29.6. The highest BCUT2D eigenvalue weighted by molar-refractivity contribution is 6.30. The van der Waals surface area contributed by atoms with Crippen molar-refractivity contribution in [3.05, 3.63) is 106 Å². The first kappa shape index (κ1) is 28.1. The number of methoxy groups -OCH3 is 1. The van der Waals surface area contributed by atoms with Gasteiger partial charge in [0.05, 0.1) is 29.0 Å². The van der Waals surface area contributed by atoms with E-state index in [4.69, 9.17) is 4.74 Å². The van der Waals surface area contributed by atoms with Gasteiger partial charge in [0.25, 0.3) is 0 Å². The number of azo groups is 1. The molecular formula is C32H28N6O4. The lowest BCUT2D eigenvalue weighted by Gasteiger charge is -2.19. The maximum atomic E-state index is 13.5. The van der Waals surface area contributed by atoms with Gasteiger partial charge in [-0.25, -0.2) is 4.98 Å². The smallest absolute Gasteiger partial charge is 0.200 e. The molecule has 0 atom stereocenters. The quantitative estimate of drug-likeness (QED) is 0.142. The first-order valence-corrected chi connectivity index (χ1v) is 13.4. The van der Waals surface area contributed by atoms with E-state index in [9.17, 15) is 20.0 Å². The van der Waals surface area contributed by atoms with Crippen LogP contribution in [0, 0.1) is 18.3 Å². The molecule has 0 bridgehead atoms. The number of aromatic nitrogens is 1. The van der Waals surface area contributed by atoms with Gasteiger partial charge >= 0.3 is 0 Å². The topological polar surface area (TPSA) is 149 Å². The molecule has 3 N–H and O–H groups in total. The van der Waals surface area contributed by atoms with Crippen LogP contribution >= 0.6 is 0 Å². The molecule has 1 aliphatic carbocycles. The maximum Gasteiger partial charge on any atom is 0.200 e. The van der Waals surface area contributed by atoms with E-state index in [1.807, 2.05) is 30.3 Å². The molecule has 1 aliphatic rings. The summed E-state index contributed by atoms with van der Waals surface area (Å²) in [6.45, 7) is 3.14. The van der Waals surface area contributed by atoms with Crippen LogP contribution < -0.4 is 10.6 Å². The fourth-order valence-corrected chi connectivity index (χ4v) is 4.84. The van der Waals surface area contributed by atoms with Crippen LogP contribution in [0.3, 0.4) is 0 Å². The summed E-state index contributed by atoms with van der Waals surface area (Å²) in [5, 5.41) is 35.6. The highest BCUT2D eigenvalue weighted by atomic mass is 16.5. The number of nitriles is 1. The van der Waals surface area contributed by atoms with Crippen LogP contribution in [0.2, 0.25) is 0 Å². The van der Waals surface area contributed by atoms with Crippen molar-refractivity contribution >= 4 is 34.6 Å². The first-order valence-electron chi connectivity index (χ1n) is 13.4. The molecule has 42 heavy (non-hydrogen) atoms. The summed E-state index contributed by atoms with van der Waals surface area (Å²) < 4.78 is 5.17. The van der Waals surface area contributed by atoms with Crippen molar-refractivity contribution in [2.75, 3.05) is 37.4 Å². The van der Waals surface area contributed by atoms with Crippen LogP contribution in [0.5, 0.6) is 5.75 Å². The number of hydrogen-bond acceptors (Lipinski definition) is 10. The molecule has 0 spiro atoms. The van der Waals surface area contributed by atoms with Gasteiger partial charge in [-0.1, -0.05) is 54.6 Å². The molecule has 3 aromatic carbocycles. The number of hydrogen-bond donors (Lipinski definition) is 3. The molecule has 0 amide bonds. The van der Waals surface area contributed by atoms with Crippen molar-refractivity contribution in [1.82, 2.24) is 4.98 Å². The number of ether oxygens (including phenoxy) is 1. The molecule has 10 nitrogen and oxygen atoms in total. The third-order valence-electron chi connectivity index (χ3n) is 6.96. The van der Waals surface area contributed by atoms with Crippen molar-refractivity contribution in [1.29, 1.82) is 5.26 Å². The van der Waals surface area contributed by atoms with E-state index in [0.29, 0.717) is 48.1 Å². The van der Waals surface area contributed by atoms with Crippen molar-refractivity contribution < 1.29 is 19.4 Å². The molecule has 5 rings (SSSR count). The number of phenolic OH excluding ortho intramolecular Hbond substituents is 1. The second-order valence-electron chi connectivity index (χ2n) is 9.61. The Morgan fingerprint density at radius 2 is 1.60 bits per heavy atom. The first-order chi connectivity index (χ1) is 20.4. The third kappa shape index (κ3) is 5.46. The molecule has 0 fully saturated rings. The summed E-state index contributed by atoms with van der Waals surface area (Å²) >= 11 is 0. The van der Waals surface area contributed by atoms with Crippen molar-refractivity contribution in [2.45, 2.75) is 13.3 Å². The molecule has 10 heteroatoms. The number of pyridine rings is 1. The highest BCUT2D eigenvalue weighted by Crippen LogP contribution is 2.39. The van der Waals surface area contributed by atoms with Crippen LogP contribution in [0.1, 0.15) is 48.5 Å². The van der Waals surface area contributed by atoms with Gasteiger partial charge in [0.1, 0.15) is 23.3 Å². The number of fused-ring (bicyclic) bond motifs is 2. The Labute approximate surface area is 242 Å². The number of nitrogens with one attached hydrogen (secondary N) is 2. The Balaban J connectivity index is 1.52. The fraction of sp³-hybridized carbons (Fsp3) is 0.188. The van der Waals surface area contributed by atoms with Crippen LogP contribution in [0.25, 0.3) is 0 Å². The van der Waals surface area contributed by atoms with E-state index in [1.165, 1.54) is 18.2 Å². The molecule has 210 valence electrons. The minimum absolute atomic E-state index is 0.0551. The molecule has 0 saturated heterocycles. The number of nitrogens with zero attached hydrogens (tertiary/aromatic N) is 4. The van der Waals surface area contributed by atoms with Gasteiger partial charge in [-0.2, -0.15) is 5.26 Å². The van der Waals surface area contributed by atoms with Crippen molar-refractivity contribution in [2.24, 2.45) is 10.2 Å². The average Bonchev–Trinajstić information content (AvgIpc) is 3.00. The minimum atomic E-state index is -0.517. The van der Waals surface area contributed by atoms with E-state index in [2.05, 4.69) is 31.9 Å². The number of aromatic hydroxyl groups is 1. The molecule has 0 radical (unpaired) electrons. The standard InChI is InChI=1S/C32H28N6O4/c1-19-23(18-33)31(34-15-14-20-8-4-3-5-9-20)36-32(35-16-17-42-2)28(19)38-37-24-12-6-10-21-26(24)30(41)27-22(29(21)40)11-7-13-25(27)39/h3-13,39H,14-17H2,1-2H3,(H2,34,35,36)/b38-37+. The lowest BCUT2D eigenvalue weighted by Crippen LogP contribution is -2.21. The largest absolute Gasteiger partial charge is 0.507 e. The van der Waals surface area contributed by atoms with Crippen LogP contribution in [0.4, 0.5) is 23.0 Å². The lowest BCUT2D eigenvalue weighted by atomic mass is 9.83. The summed E-state index contributed by atoms with van der Waals surface area (Å²) in [6, 6.07) is 21.4. The van der Waals surface area contributed by atoms with Gasteiger partial charge in [0.15, 0.2) is 17.4 Å². The van der Waals surface area contributed by atoms with E-state index in [-0.39, 0.29) is 39.5 Å².